The van der Waals surface area contributed by atoms with Gasteiger partial charge in [-0.15, -0.1) is 0 Å². The number of fused-ring (bicyclic) bond motifs is 1. The van der Waals surface area contributed by atoms with Crippen molar-refractivity contribution in [3.05, 3.63) is 23.8 Å². The van der Waals surface area contributed by atoms with E-state index in [4.69, 9.17) is 15.4 Å². The van der Waals surface area contributed by atoms with E-state index < -0.39 is 15.2 Å². The normalized spacial score (nSPS) is 17.5. The van der Waals surface area contributed by atoms with E-state index in [2.05, 4.69) is 0 Å². The molecule has 1 amide bonds. The van der Waals surface area contributed by atoms with Crippen LogP contribution in [0.4, 0.5) is 0 Å². The van der Waals surface area contributed by atoms with E-state index in [0.717, 1.165) is 0 Å². The monoisotopic (exact) mass is 331 g/mol. The Balaban J connectivity index is 2.22. The number of amides is 1. The Bertz CT molecular complexity index is 657. The highest BCUT2D eigenvalue weighted by Crippen LogP contribution is 2.32. The Morgan fingerprint density at radius 2 is 2.14 bits per heavy atom. The van der Waals surface area contributed by atoms with Gasteiger partial charge in [-0.1, -0.05) is 0 Å². The van der Waals surface area contributed by atoms with Crippen LogP contribution in [0.25, 0.3) is 0 Å². The molecule has 0 saturated carbocycles. The van der Waals surface area contributed by atoms with Crippen molar-refractivity contribution in [1.82, 2.24) is 4.90 Å². The van der Waals surface area contributed by atoms with Crippen molar-refractivity contribution in [2.45, 2.75) is 44.2 Å². The van der Waals surface area contributed by atoms with Crippen molar-refractivity contribution in [3.63, 3.8) is 0 Å². The van der Waals surface area contributed by atoms with Crippen molar-refractivity contribution in [2.24, 2.45) is 0 Å². The first-order valence-electron chi connectivity index (χ1n) is 6.78. The van der Waals surface area contributed by atoms with Gasteiger partial charge in [-0.3, -0.25) is 4.79 Å². The van der Waals surface area contributed by atoms with Crippen molar-refractivity contribution >= 4 is 25.6 Å². The molecule has 116 valence electrons. The van der Waals surface area contributed by atoms with Gasteiger partial charge in [-0.05, 0) is 44.5 Å². The van der Waals surface area contributed by atoms with Gasteiger partial charge in [0.25, 0.3) is 15.0 Å². The minimum absolute atomic E-state index is 0.0239. The zero-order valence-corrected chi connectivity index (χ0v) is 13.7. The lowest BCUT2D eigenvalue weighted by Crippen LogP contribution is -2.44. The molecule has 0 aromatic heterocycles. The molecule has 2 rings (SSSR count). The lowest BCUT2D eigenvalue weighted by molar-refractivity contribution is -0.139. The Kier molecular flexibility index (Phi) is 4.49. The Morgan fingerprint density at radius 1 is 1.48 bits per heavy atom. The molecule has 1 aromatic rings. The highest BCUT2D eigenvalue weighted by molar-refractivity contribution is 8.13. The number of benzene rings is 1. The van der Waals surface area contributed by atoms with E-state index in [-0.39, 0.29) is 16.8 Å². The molecule has 1 unspecified atom stereocenters. The lowest BCUT2D eigenvalue weighted by atomic mass is 10.1. The highest BCUT2D eigenvalue weighted by Gasteiger charge is 2.33. The number of carbonyl (C=O) groups is 1. The quantitative estimate of drug-likeness (QED) is 0.793. The van der Waals surface area contributed by atoms with E-state index in [0.29, 0.717) is 24.3 Å². The first kappa shape index (κ1) is 16.1. The summed E-state index contributed by atoms with van der Waals surface area (Å²) < 4.78 is 28.3. The van der Waals surface area contributed by atoms with Crippen LogP contribution < -0.4 is 4.74 Å². The molecule has 0 fully saturated rings. The number of halogens is 1. The van der Waals surface area contributed by atoms with Crippen LogP contribution in [-0.4, -0.2) is 37.9 Å². The summed E-state index contributed by atoms with van der Waals surface area (Å²) in [6, 6.07) is 4.49. The summed E-state index contributed by atoms with van der Waals surface area (Å²) >= 11 is 0. The van der Waals surface area contributed by atoms with Gasteiger partial charge < -0.3 is 9.64 Å². The van der Waals surface area contributed by atoms with Crippen LogP contribution in [0, 0.1) is 0 Å². The smallest absolute Gasteiger partial charge is 0.264 e. The molecule has 5 nitrogen and oxygen atoms in total. The first-order chi connectivity index (χ1) is 9.74. The summed E-state index contributed by atoms with van der Waals surface area (Å²) in [5, 5.41) is 0. The minimum Gasteiger partial charge on any atom is -0.480 e. The molecule has 1 atom stereocenters. The number of ether oxygens (including phenoxy) is 1. The van der Waals surface area contributed by atoms with Crippen LogP contribution in [0.5, 0.6) is 5.75 Å². The molecule has 0 spiro atoms. The molecule has 0 aliphatic carbocycles. The van der Waals surface area contributed by atoms with Crippen molar-refractivity contribution < 1.29 is 17.9 Å². The SMILES string of the molecule is CCN(C(=O)C1Cc2cc(S(=O)(=O)Cl)ccc2O1)C(C)C. The molecule has 0 radical (unpaired) electrons. The third kappa shape index (κ3) is 3.32. The molecule has 1 aliphatic rings. The van der Waals surface area contributed by atoms with Gasteiger partial charge in [-0.2, -0.15) is 0 Å². The average Bonchev–Trinajstić information content (AvgIpc) is 2.80. The summed E-state index contributed by atoms with van der Waals surface area (Å²) in [4.78, 5) is 14.2. The van der Waals surface area contributed by atoms with Crippen molar-refractivity contribution in [2.75, 3.05) is 6.54 Å². The fraction of sp³-hybridized carbons (Fsp3) is 0.500. The van der Waals surface area contributed by atoms with Gasteiger partial charge in [0.15, 0.2) is 6.10 Å². The number of nitrogens with zero attached hydrogens (tertiary/aromatic N) is 1. The molecule has 0 saturated heterocycles. The molecule has 21 heavy (non-hydrogen) atoms. The number of carbonyl (C=O) groups excluding carboxylic acids is 1. The van der Waals surface area contributed by atoms with Crippen LogP contribution in [-0.2, 0) is 20.3 Å². The maximum atomic E-state index is 12.4. The van der Waals surface area contributed by atoms with E-state index in [1.54, 1.807) is 11.0 Å². The molecule has 1 aliphatic heterocycles. The molecule has 7 heteroatoms. The lowest BCUT2D eigenvalue weighted by Gasteiger charge is -2.27. The largest absolute Gasteiger partial charge is 0.480 e. The maximum Gasteiger partial charge on any atom is 0.264 e. The first-order valence-corrected chi connectivity index (χ1v) is 9.09. The molecule has 1 aromatic carbocycles. The van der Waals surface area contributed by atoms with E-state index in [1.807, 2.05) is 20.8 Å². The van der Waals surface area contributed by atoms with Gasteiger partial charge >= 0.3 is 0 Å². The van der Waals surface area contributed by atoms with E-state index in [9.17, 15) is 13.2 Å². The summed E-state index contributed by atoms with van der Waals surface area (Å²) in [7, 11) is 1.55. The third-order valence-corrected chi connectivity index (χ3v) is 4.86. The van der Waals surface area contributed by atoms with Gasteiger partial charge in [0.1, 0.15) is 5.75 Å². The van der Waals surface area contributed by atoms with Crippen LogP contribution in [0.1, 0.15) is 26.3 Å². The van der Waals surface area contributed by atoms with Crippen molar-refractivity contribution in [1.29, 1.82) is 0 Å². The predicted molar refractivity (Wildman–Crippen MR) is 80.1 cm³/mol. The molecule has 0 N–H and O–H groups in total. The Hall–Kier alpha value is -1.27. The molecular formula is C14H18ClNO4S. The van der Waals surface area contributed by atoms with E-state index >= 15 is 0 Å². The van der Waals surface area contributed by atoms with Crippen molar-refractivity contribution in [3.8, 4) is 5.75 Å². The molecular weight excluding hydrogens is 314 g/mol. The second kappa shape index (κ2) is 5.85. The highest BCUT2D eigenvalue weighted by atomic mass is 35.7. The number of hydrogen-bond acceptors (Lipinski definition) is 4. The van der Waals surface area contributed by atoms with Gasteiger partial charge in [-0.25, -0.2) is 8.42 Å². The number of rotatable bonds is 4. The Labute approximate surface area is 129 Å². The zero-order chi connectivity index (χ0) is 15.8. The Morgan fingerprint density at radius 3 is 2.67 bits per heavy atom. The second-order valence-electron chi connectivity index (χ2n) is 5.24. The fourth-order valence-electron chi connectivity index (χ4n) is 2.47. The van der Waals surface area contributed by atoms with E-state index in [1.165, 1.54) is 12.1 Å². The average molecular weight is 332 g/mol. The number of likely N-dealkylation sites (N-methyl/N-ethyl adjacent to an activating group) is 1. The summed E-state index contributed by atoms with van der Waals surface area (Å²) in [5.74, 6) is 0.455. The zero-order valence-electron chi connectivity index (χ0n) is 12.2. The van der Waals surface area contributed by atoms with Gasteiger partial charge in [0.2, 0.25) is 0 Å². The van der Waals surface area contributed by atoms with Crippen LogP contribution >= 0.6 is 10.7 Å². The second-order valence-corrected chi connectivity index (χ2v) is 7.80. The summed E-state index contributed by atoms with van der Waals surface area (Å²) in [5.41, 5.74) is 0.690. The van der Waals surface area contributed by atoms with Gasteiger partial charge in [0, 0.05) is 29.7 Å². The maximum absolute atomic E-state index is 12.4. The van der Waals surface area contributed by atoms with Crippen LogP contribution in [0.3, 0.4) is 0 Å². The number of hydrogen-bond donors (Lipinski definition) is 0. The molecule has 0 bridgehead atoms. The van der Waals surface area contributed by atoms with Crippen LogP contribution in [0.15, 0.2) is 23.1 Å². The topological polar surface area (TPSA) is 63.7 Å². The minimum atomic E-state index is -3.78. The fourth-order valence-corrected chi connectivity index (χ4v) is 3.28. The summed E-state index contributed by atoms with van der Waals surface area (Å²) in [6.45, 7) is 6.41. The van der Waals surface area contributed by atoms with Crippen LogP contribution in [0.2, 0.25) is 0 Å². The third-order valence-electron chi connectivity index (χ3n) is 3.51. The standard InChI is InChI=1S/C14H18ClNO4S/c1-4-16(9(2)3)14(17)13-8-10-7-11(21(15,18)19)5-6-12(10)20-13/h5-7,9,13H,4,8H2,1-3H3. The predicted octanol–water partition coefficient (Wildman–Crippen LogP) is 2.17. The van der Waals surface area contributed by atoms with Gasteiger partial charge in [0.05, 0.1) is 4.90 Å². The summed E-state index contributed by atoms with van der Waals surface area (Å²) in [6.07, 6.45) is -0.243. The molecule has 1 heterocycles.